The fraction of sp³-hybridized carbons (Fsp3) is 0.600. The molecule has 4 rings (SSSR count). The Morgan fingerprint density at radius 2 is 1.81 bits per heavy atom. The van der Waals surface area contributed by atoms with Gasteiger partial charge in [0.15, 0.2) is 0 Å². The molecule has 0 aliphatic carbocycles. The summed E-state index contributed by atoms with van der Waals surface area (Å²) in [6, 6.07) is 6.55. The number of fused-ring (bicyclic) bond motifs is 2. The summed E-state index contributed by atoms with van der Waals surface area (Å²) in [6.07, 6.45) is 7.51. The van der Waals surface area contributed by atoms with Gasteiger partial charge < -0.3 is 21.3 Å². The third-order valence-electron chi connectivity index (χ3n) is 6.05. The largest absolute Gasteiger partial charge is 0.370 e. The molecule has 7 heteroatoms. The Balaban J connectivity index is 0.00000210. The van der Waals surface area contributed by atoms with E-state index in [9.17, 15) is 9.59 Å². The molecule has 3 fully saturated rings. The number of amides is 2. The van der Waals surface area contributed by atoms with Crippen LogP contribution in [-0.2, 0) is 4.79 Å². The number of carbonyl (C=O) groups is 2. The minimum atomic E-state index is -0.469. The molecule has 6 nitrogen and oxygen atoms in total. The summed E-state index contributed by atoms with van der Waals surface area (Å²) >= 11 is 0. The molecule has 0 spiro atoms. The molecule has 0 aromatic heterocycles. The maximum atomic E-state index is 12.7. The Hall–Kier alpha value is -1.79. The number of rotatable bonds is 5. The highest BCUT2D eigenvalue weighted by molar-refractivity contribution is 5.99. The average molecular weight is 393 g/mol. The van der Waals surface area contributed by atoms with Gasteiger partial charge in [0, 0.05) is 37.2 Å². The molecule has 2 unspecified atom stereocenters. The van der Waals surface area contributed by atoms with Crippen LogP contribution < -0.4 is 21.3 Å². The highest BCUT2D eigenvalue weighted by Gasteiger charge is 2.34. The first-order valence-corrected chi connectivity index (χ1v) is 9.83. The molecule has 4 N–H and O–H groups in total. The number of piperidine rings is 1. The van der Waals surface area contributed by atoms with Crippen molar-refractivity contribution < 1.29 is 9.59 Å². The quantitative estimate of drug-likeness (QED) is 0.718. The Morgan fingerprint density at radius 1 is 1.15 bits per heavy atom. The van der Waals surface area contributed by atoms with Gasteiger partial charge in [0.25, 0.3) is 0 Å². The number of halogens is 1. The zero-order chi connectivity index (χ0) is 18.1. The second-order valence-electron chi connectivity index (χ2n) is 8.02. The number of primary amides is 1. The van der Waals surface area contributed by atoms with Crippen molar-refractivity contribution in [3.05, 3.63) is 23.8 Å². The van der Waals surface area contributed by atoms with Gasteiger partial charge in [-0.05, 0) is 62.6 Å². The molecule has 3 saturated heterocycles. The number of nitrogens with one attached hydrogen (secondary N) is 2. The van der Waals surface area contributed by atoms with Gasteiger partial charge in [0.05, 0.1) is 11.4 Å². The van der Waals surface area contributed by atoms with Gasteiger partial charge in [-0.3, -0.25) is 9.59 Å². The Bertz CT molecular complexity index is 693. The van der Waals surface area contributed by atoms with E-state index in [0.717, 1.165) is 44.5 Å². The number of anilines is 2. The lowest BCUT2D eigenvalue weighted by Crippen LogP contribution is -2.39. The zero-order valence-corrected chi connectivity index (χ0v) is 16.4. The van der Waals surface area contributed by atoms with Crippen LogP contribution in [-0.4, -0.2) is 37.0 Å². The van der Waals surface area contributed by atoms with Crippen LogP contribution >= 0.6 is 12.4 Å². The highest BCUT2D eigenvalue weighted by atomic mass is 35.5. The van der Waals surface area contributed by atoms with Gasteiger partial charge in [0.2, 0.25) is 11.8 Å². The lowest BCUT2D eigenvalue weighted by Gasteiger charge is -2.29. The normalized spacial score (nSPS) is 26.5. The predicted octanol–water partition coefficient (Wildman–Crippen LogP) is 2.67. The second-order valence-corrected chi connectivity index (χ2v) is 8.02. The summed E-state index contributed by atoms with van der Waals surface area (Å²) in [5.74, 6) is 0.0186. The Morgan fingerprint density at radius 3 is 2.44 bits per heavy atom. The van der Waals surface area contributed by atoms with E-state index in [4.69, 9.17) is 5.73 Å². The lowest BCUT2D eigenvalue weighted by molar-refractivity contribution is -0.117. The minimum Gasteiger partial charge on any atom is -0.370 e. The van der Waals surface area contributed by atoms with E-state index in [2.05, 4.69) is 15.5 Å². The Labute approximate surface area is 166 Å². The van der Waals surface area contributed by atoms with Crippen molar-refractivity contribution in [2.45, 2.75) is 57.0 Å². The van der Waals surface area contributed by atoms with E-state index in [-0.39, 0.29) is 18.3 Å². The average Bonchev–Trinajstić information content (AvgIpc) is 3.24. The van der Waals surface area contributed by atoms with E-state index < -0.39 is 5.91 Å². The number of hydrogen-bond acceptors (Lipinski definition) is 4. The van der Waals surface area contributed by atoms with E-state index in [1.807, 2.05) is 6.07 Å². The molecule has 1 aromatic carbocycles. The van der Waals surface area contributed by atoms with Crippen LogP contribution in [0.3, 0.4) is 0 Å². The van der Waals surface area contributed by atoms with Crippen LogP contribution in [0.1, 0.15) is 55.3 Å². The van der Waals surface area contributed by atoms with Gasteiger partial charge in [-0.2, -0.15) is 0 Å². The molecule has 0 radical (unpaired) electrons. The van der Waals surface area contributed by atoms with Crippen molar-refractivity contribution in [1.29, 1.82) is 0 Å². The number of hydrogen-bond donors (Lipinski definition) is 3. The van der Waals surface area contributed by atoms with Gasteiger partial charge in [-0.25, -0.2) is 0 Å². The van der Waals surface area contributed by atoms with E-state index in [1.165, 1.54) is 12.8 Å². The molecular weight excluding hydrogens is 364 g/mol. The summed E-state index contributed by atoms with van der Waals surface area (Å²) < 4.78 is 0. The van der Waals surface area contributed by atoms with Crippen molar-refractivity contribution >= 4 is 35.6 Å². The SMILES string of the molecule is Cl.NC(=O)c1ccc(N2CCCC2)c(NC(=O)CC2CC3CCC(C2)N3)c1. The van der Waals surface area contributed by atoms with Crippen LogP contribution in [0.15, 0.2) is 18.2 Å². The highest BCUT2D eigenvalue weighted by Crippen LogP contribution is 2.34. The molecule has 1 aromatic rings. The first-order chi connectivity index (χ1) is 12.6. The monoisotopic (exact) mass is 392 g/mol. The van der Waals surface area contributed by atoms with E-state index in [1.54, 1.807) is 12.1 Å². The summed E-state index contributed by atoms with van der Waals surface area (Å²) in [5.41, 5.74) is 7.57. The third-order valence-corrected chi connectivity index (χ3v) is 6.05. The molecule has 3 heterocycles. The van der Waals surface area contributed by atoms with Crippen LogP contribution in [0.25, 0.3) is 0 Å². The first-order valence-electron chi connectivity index (χ1n) is 9.83. The van der Waals surface area contributed by atoms with Crippen molar-refractivity contribution in [2.24, 2.45) is 11.7 Å². The van der Waals surface area contributed by atoms with E-state index >= 15 is 0 Å². The third kappa shape index (κ3) is 4.55. The van der Waals surface area contributed by atoms with Crippen LogP contribution in [0.5, 0.6) is 0 Å². The fourth-order valence-electron chi connectivity index (χ4n) is 4.83. The molecule has 0 saturated carbocycles. The molecule has 2 atom stereocenters. The smallest absolute Gasteiger partial charge is 0.248 e. The van der Waals surface area contributed by atoms with Crippen molar-refractivity contribution in [1.82, 2.24) is 5.32 Å². The van der Waals surface area contributed by atoms with E-state index in [0.29, 0.717) is 35.7 Å². The van der Waals surface area contributed by atoms with Crippen molar-refractivity contribution in [2.75, 3.05) is 23.3 Å². The molecule has 2 amide bonds. The van der Waals surface area contributed by atoms with Crippen LogP contribution in [0.2, 0.25) is 0 Å². The second kappa shape index (κ2) is 8.48. The first kappa shape index (κ1) is 20.0. The van der Waals surface area contributed by atoms with Gasteiger partial charge in [-0.15, -0.1) is 12.4 Å². The van der Waals surface area contributed by atoms with Crippen LogP contribution in [0, 0.1) is 5.92 Å². The van der Waals surface area contributed by atoms with Gasteiger partial charge in [-0.1, -0.05) is 0 Å². The number of nitrogens with zero attached hydrogens (tertiary/aromatic N) is 1. The summed E-state index contributed by atoms with van der Waals surface area (Å²) in [5, 5.41) is 6.69. The Kier molecular flexibility index (Phi) is 6.27. The molecule has 148 valence electrons. The molecule has 3 aliphatic rings. The zero-order valence-electron chi connectivity index (χ0n) is 15.6. The maximum Gasteiger partial charge on any atom is 0.248 e. The summed E-state index contributed by atoms with van der Waals surface area (Å²) in [4.78, 5) is 26.5. The maximum absolute atomic E-state index is 12.7. The standard InChI is InChI=1S/C20H28N4O2.ClH/c21-20(26)14-3-6-18(24-7-1-2-8-24)17(12-14)23-19(25)11-13-9-15-4-5-16(10-13)22-15;/h3,6,12-13,15-16,22H,1-2,4-5,7-11H2,(H2,21,26)(H,23,25);1H. The molecule has 3 aliphatic heterocycles. The van der Waals surface area contributed by atoms with Crippen LogP contribution in [0.4, 0.5) is 11.4 Å². The molecular formula is C20H29ClN4O2. The number of nitrogens with two attached hydrogens (primary N) is 1. The van der Waals surface area contributed by atoms with Crippen molar-refractivity contribution in [3.8, 4) is 0 Å². The lowest BCUT2D eigenvalue weighted by atomic mass is 9.89. The number of benzene rings is 1. The predicted molar refractivity (Wildman–Crippen MR) is 110 cm³/mol. The summed E-state index contributed by atoms with van der Waals surface area (Å²) in [7, 11) is 0. The summed E-state index contributed by atoms with van der Waals surface area (Å²) in [6.45, 7) is 1.97. The van der Waals surface area contributed by atoms with Crippen molar-refractivity contribution in [3.63, 3.8) is 0 Å². The minimum absolute atomic E-state index is 0. The molecule has 27 heavy (non-hydrogen) atoms. The van der Waals surface area contributed by atoms with Gasteiger partial charge in [0.1, 0.15) is 0 Å². The molecule has 2 bridgehead atoms. The number of carbonyl (C=O) groups excluding carboxylic acids is 2. The fourth-order valence-corrected chi connectivity index (χ4v) is 4.83. The van der Waals surface area contributed by atoms with Gasteiger partial charge >= 0.3 is 0 Å². The topological polar surface area (TPSA) is 87.5 Å².